The predicted molar refractivity (Wildman–Crippen MR) is 105 cm³/mol. The summed E-state index contributed by atoms with van der Waals surface area (Å²) in [7, 11) is 0. The van der Waals surface area contributed by atoms with Gasteiger partial charge in [-0.2, -0.15) is 0 Å². The number of nitrogens with zero attached hydrogens (tertiary/aromatic N) is 2. The Bertz CT molecular complexity index is 908. The van der Waals surface area contributed by atoms with Crippen molar-refractivity contribution in [3.8, 4) is 16.9 Å². The summed E-state index contributed by atoms with van der Waals surface area (Å²) in [4.78, 5) is 4.70. The molecule has 1 saturated heterocycles. The molecule has 0 radical (unpaired) electrons. The van der Waals surface area contributed by atoms with Gasteiger partial charge in [-0.25, -0.2) is 4.98 Å². The first-order chi connectivity index (χ1) is 12.8. The zero-order valence-corrected chi connectivity index (χ0v) is 15.2. The molecule has 0 bridgehead atoms. The second-order valence-corrected chi connectivity index (χ2v) is 7.67. The van der Waals surface area contributed by atoms with Crippen molar-refractivity contribution >= 4 is 11.0 Å². The minimum Gasteiger partial charge on any atom is -0.488 e. The number of ether oxygens (including phenoxy) is 1. The highest BCUT2D eigenvalue weighted by Gasteiger charge is 2.28. The molecule has 3 aromatic rings. The average molecular weight is 347 g/mol. The zero-order valence-electron chi connectivity index (χ0n) is 15.2. The van der Waals surface area contributed by atoms with Crippen molar-refractivity contribution in [2.45, 2.75) is 38.3 Å². The highest BCUT2D eigenvalue weighted by molar-refractivity contribution is 5.88. The van der Waals surface area contributed by atoms with Gasteiger partial charge in [-0.3, -0.25) is 0 Å². The van der Waals surface area contributed by atoms with Gasteiger partial charge in [0.15, 0.2) is 0 Å². The lowest BCUT2D eigenvalue weighted by Crippen LogP contribution is -2.25. The van der Waals surface area contributed by atoms with Gasteiger partial charge >= 0.3 is 0 Å². The van der Waals surface area contributed by atoms with Crippen molar-refractivity contribution < 1.29 is 4.74 Å². The Kier molecular flexibility index (Phi) is 3.93. The Hall–Kier alpha value is -2.33. The van der Waals surface area contributed by atoms with Gasteiger partial charge < -0.3 is 14.6 Å². The number of aromatic nitrogens is 2. The van der Waals surface area contributed by atoms with Gasteiger partial charge in [-0.15, -0.1) is 0 Å². The standard InChI is InChI=1S/C22H25N3O/c1-15(17-9-10-23-13-17)26-21-12-18(16-5-3-2-4-6-16)11-20-22(21)25(14-24-20)19-7-8-19/h2-6,11-12,14-15,17,19,23H,7-10,13H2,1H3/t15-,17-/m1/s1. The lowest BCUT2D eigenvalue weighted by atomic mass is 10.0. The normalized spacial score (nSPS) is 21.2. The molecule has 26 heavy (non-hydrogen) atoms. The van der Waals surface area contributed by atoms with E-state index in [0.29, 0.717) is 12.0 Å². The summed E-state index contributed by atoms with van der Waals surface area (Å²) in [6.45, 7) is 4.35. The van der Waals surface area contributed by atoms with E-state index in [2.05, 4.69) is 59.3 Å². The van der Waals surface area contributed by atoms with Gasteiger partial charge in [0, 0.05) is 18.5 Å². The second-order valence-electron chi connectivity index (χ2n) is 7.67. The summed E-state index contributed by atoms with van der Waals surface area (Å²) in [5.74, 6) is 1.55. The first kappa shape index (κ1) is 15.9. The number of hydrogen-bond donors (Lipinski definition) is 1. The number of imidazole rings is 1. The van der Waals surface area contributed by atoms with E-state index in [9.17, 15) is 0 Å². The summed E-state index contributed by atoms with van der Waals surface area (Å²) in [6, 6.07) is 15.5. The van der Waals surface area contributed by atoms with Crippen LogP contribution in [0.15, 0.2) is 48.8 Å². The summed E-state index contributed by atoms with van der Waals surface area (Å²) in [5.41, 5.74) is 4.57. The molecule has 2 atom stereocenters. The zero-order chi connectivity index (χ0) is 17.5. The van der Waals surface area contributed by atoms with Gasteiger partial charge in [0.1, 0.15) is 17.4 Å². The van der Waals surface area contributed by atoms with Crippen molar-refractivity contribution in [2.75, 3.05) is 13.1 Å². The Labute approximate surface area is 154 Å². The van der Waals surface area contributed by atoms with Gasteiger partial charge in [0.2, 0.25) is 0 Å². The third-order valence-corrected chi connectivity index (χ3v) is 5.76. The topological polar surface area (TPSA) is 39.1 Å². The fraction of sp³-hybridized carbons (Fsp3) is 0.409. The highest BCUT2D eigenvalue weighted by Crippen LogP contribution is 2.41. The van der Waals surface area contributed by atoms with Crippen LogP contribution in [0.3, 0.4) is 0 Å². The molecule has 2 fully saturated rings. The van der Waals surface area contributed by atoms with Crippen molar-refractivity contribution in [1.29, 1.82) is 0 Å². The fourth-order valence-electron chi connectivity index (χ4n) is 4.02. The van der Waals surface area contributed by atoms with Crippen LogP contribution in [0.2, 0.25) is 0 Å². The van der Waals surface area contributed by atoms with Gasteiger partial charge in [0.05, 0.1) is 11.8 Å². The monoisotopic (exact) mass is 347 g/mol. The van der Waals surface area contributed by atoms with E-state index in [0.717, 1.165) is 29.9 Å². The molecule has 4 nitrogen and oxygen atoms in total. The molecule has 1 N–H and O–H groups in total. The largest absolute Gasteiger partial charge is 0.488 e. The maximum atomic E-state index is 6.55. The Balaban J connectivity index is 1.59. The lowest BCUT2D eigenvalue weighted by Gasteiger charge is -2.22. The average Bonchev–Trinajstić information content (AvgIpc) is 3.20. The van der Waals surface area contributed by atoms with E-state index in [-0.39, 0.29) is 6.10 Å². The molecular formula is C22H25N3O. The molecule has 134 valence electrons. The van der Waals surface area contributed by atoms with Gasteiger partial charge in [-0.05, 0) is 56.0 Å². The molecule has 1 saturated carbocycles. The SMILES string of the molecule is C[C@@H](Oc1cc(-c2ccccc2)cc2ncn(C3CC3)c12)[C@@H]1CCNC1. The van der Waals surface area contributed by atoms with Crippen LogP contribution >= 0.6 is 0 Å². The van der Waals surface area contributed by atoms with Crippen LogP contribution in [0.25, 0.3) is 22.2 Å². The van der Waals surface area contributed by atoms with Crippen LogP contribution in [0.1, 0.15) is 32.2 Å². The third kappa shape index (κ3) is 2.88. The number of benzene rings is 2. The minimum atomic E-state index is 0.196. The Morgan fingerprint density at radius 3 is 2.69 bits per heavy atom. The van der Waals surface area contributed by atoms with Crippen molar-refractivity contribution in [3.63, 3.8) is 0 Å². The smallest absolute Gasteiger partial charge is 0.146 e. The molecule has 1 aliphatic carbocycles. The van der Waals surface area contributed by atoms with E-state index < -0.39 is 0 Å². The molecule has 5 rings (SSSR count). The van der Waals surface area contributed by atoms with Crippen LogP contribution in [0.4, 0.5) is 0 Å². The fourth-order valence-corrected chi connectivity index (χ4v) is 4.02. The summed E-state index contributed by atoms with van der Waals surface area (Å²) in [5, 5.41) is 3.45. The van der Waals surface area contributed by atoms with E-state index >= 15 is 0 Å². The number of fused-ring (bicyclic) bond motifs is 1. The number of rotatable bonds is 5. The van der Waals surface area contributed by atoms with Gasteiger partial charge in [-0.1, -0.05) is 30.3 Å². The van der Waals surface area contributed by atoms with Crippen LogP contribution in [0.5, 0.6) is 5.75 Å². The molecule has 0 amide bonds. The van der Waals surface area contributed by atoms with Crippen LogP contribution in [-0.2, 0) is 0 Å². The predicted octanol–water partition coefficient (Wildman–Crippen LogP) is 4.42. The van der Waals surface area contributed by atoms with Crippen molar-refractivity contribution in [2.24, 2.45) is 5.92 Å². The molecule has 0 unspecified atom stereocenters. The Morgan fingerprint density at radius 2 is 1.96 bits per heavy atom. The first-order valence-corrected chi connectivity index (χ1v) is 9.73. The van der Waals surface area contributed by atoms with E-state index in [1.54, 1.807) is 0 Å². The number of hydrogen-bond acceptors (Lipinski definition) is 3. The third-order valence-electron chi connectivity index (χ3n) is 5.76. The molecule has 0 spiro atoms. The van der Waals surface area contributed by atoms with Crippen molar-refractivity contribution in [1.82, 2.24) is 14.9 Å². The first-order valence-electron chi connectivity index (χ1n) is 9.73. The summed E-state index contributed by atoms with van der Waals surface area (Å²) < 4.78 is 8.87. The highest BCUT2D eigenvalue weighted by atomic mass is 16.5. The molecule has 1 aromatic heterocycles. The molecule has 2 aliphatic rings. The van der Waals surface area contributed by atoms with E-state index in [1.165, 1.54) is 30.4 Å². The Morgan fingerprint density at radius 1 is 1.12 bits per heavy atom. The second kappa shape index (κ2) is 6.44. The molecule has 2 aromatic carbocycles. The molecule has 2 heterocycles. The van der Waals surface area contributed by atoms with Crippen molar-refractivity contribution in [3.05, 3.63) is 48.8 Å². The van der Waals surface area contributed by atoms with E-state index in [4.69, 9.17) is 9.72 Å². The summed E-state index contributed by atoms with van der Waals surface area (Å²) in [6.07, 6.45) is 5.86. The summed E-state index contributed by atoms with van der Waals surface area (Å²) >= 11 is 0. The lowest BCUT2D eigenvalue weighted by molar-refractivity contribution is 0.163. The maximum absolute atomic E-state index is 6.55. The molecule has 1 aliphatic heterocycles. The molecule has 4 heteroatoms. The van der Waals surface area contributed by atoms with Crippen LogP contribution in [0, 0.1) is 5.92 Å². The maximum Gasteiger partial charge on any atom is 0.146 e. The van der Waals surface area contributed by atoms with Crippen LogP contribution < -0.4 is 10.1 Å². The number of nitrogens with one attached hydrogen (secondary N) is 1. The quantitative estimate of drug-likeness (QED) is 0.743. The molecular weight excluding hydrogens is 322 g/mol. The van der Waals surface area contributed by atoms with Crippen LogP contribution in [-0.4, -0.2) is 28.7 Å². The minimum absolute atomic E-state index is 0.196. The van der Waals surface area contributed by atoms with Gasteiger partial charge in [0.25, 0.3) is 0 Å². The van der Waals surface area contributed by atoms with E-state index in [1.807, 2.05) is 6.33 Å².